The average molecular weight is 320 g/mol. The molecule has 120 valence electrons. The van der Waals surface area contributed by atoms with E-state index in [2.05, 4.69) is 16.0 Å². The van der Waals surface area contributed by atoms with Crippen LogP contribution < -0.4 is 4.90 Å². The van der Waals surface area contributed by atoms with Gasteiger partial charge in [0.1, 0.15) is 24.5 Å². The molecule has 6 heteroatoms. The fourth-order valence-corrected chi connectivity index (χ4v) is 2.37. The third-order valence-electron chi connectivity index (χ3n) is 3.68. The monoisotopic (exact) mass is 320 g/mol. The second kappa shape index (κ2) is 6.84. The predicted octanol–water partition coefficient (Wildman–Crippen LogP) is 2.65. The van der Waals surface area contributed by atoms with E-state index >= 15 is 0 Å². The Bertz CT molecular complexity index is 848. The Morgan fingerprint density at radius 1 is 1.42 bits per heavy atom. The van der Waals surface area contributed by atoms with Gasteiger partial charge in [0.25, 0.3) is 5.91 Å². The molecule has 0 unspecified atom stereocenters. The molecule has 0 aliphatic carbocycles. The van der Waals surface area contributed by atoms with Gasteiger partial charge in [-0.15, -0.1) is 6.42 Å². The maximum atomic E-state index is 13.0. The zero-order valence-corrected chi connectivity index (χ0v) is 13.2. The Morgan fingerprint density at radius 3 is 2.96 bits per heavy atom. The second-order valence-electron chi connectivity index (χ2n) is 5.25. The van der Waals surface area contributed by atoms with Gasteiger partial charge in [0, 0.05) is 11.3 Å². The number of anilines is 1. The summed E-state index contributed by atoms with van der Waals surface area (Å²) < 4.78 is 6.91. The first kappa shape index (κ1) is 15.6. The van der Waals surface area contributed by atoms with E-state index in [1.54, 1.807) is 30.2 Å². The zero-order chi connectivity index (χ0) is 16.9. The first-order valence-electron chi connectivity index (χ1n) is 7.43. The van der Waals surface area contributed by atoms with Crippen LogP contribution in [0.15, 0.2) is 59.7 Å². The van der Waals surface area contributed by atoms with E-state index in [1.165, 1.54) is 17.3 Å². The minimum atomic E-state index is -0.503. The molecule has 1 amide bonds. The lowest BCUT2D eigenvalue weighted by atomic mass is 10.1. The highest BCUT2D eigenvalue weighted by molar-refractivity contribution is 5.95. The Labute approximate surface area is 139 Å². The molecule has 2 heterocycles. The van der Waals surface area contributed by atoms with Crippen molar-refractivity contribution >= 4 is 11.6 Å². The van der Waals surface area contributed by atoms with Crippen LogP contribution in [-0.2, 0) is 11.3 Å². The molecule has 24 heavy (non-hydrogen) atoms. The molecule has 0 bridgehead atoms. The third kappa shape index (κ3) is 3.20. The molecular formula is C18H16N4O2. The van der Waals surface area contributed by atoms with Crippen molar-refractivity contribution in [2.24, 2.45) is 0 Å². The van der Waals surface area contributed by atoms with Gasteiger partial charge in [-0.05, 0) is 37.3 Å². The van der Waals surface area contributed by atoms with E-state index < -0.39 is 6.04 Å². The third-order valence-corrected chi connectivity index (χ3v) is 3.68. The summed E-state index contributed by atoms with van der Waals surface area (Å²) in [5.74, 6) is 3.14. The summed E-state index contributed by atoms with van der Waals surface area (Å²) in [7, 11) is 0. The highest BCUT2D eigenvalue weighted by Gasteiger charge is 2.25. The van der Waals surface area contributed by atoms with Gasteiger partial charge in [0.05, 0.1) is 12.8 Å². The van der Waals surface area contributed by atoms with E-state index in [1.807, 2.05) is 24.3 Å². The van der Waals surface area contributed by atoms with Gasteiger partial charge in [-0.1, -0.05) is 12.0 Å². The molecule has 0 aliphatic rings. The number of rotatable bonds is 5. The van der Waals surface area contributed by atoms with Crippen LogP contribution in [0.2, 0.25) is 0 Å². The zero-order valence-electron chi connectivity index (χ0n) is 13.2. The maximum absolute atomic E-state index is 13.0. The summed E-state index contributed by atoms with van der Waals surface area (Å²) in [6.45, 7) is 2.08. The van der Waals surface area contributed by atoms with Gasteiger partial charge in [-0.3, -0.25) is 4.79 Å². The van der Waals surface area contributed by atoms with Crippen molar-refractivity contribution in [2.75, 3.05) is 4.90 Å². The van der Waals surface area contributed by atoms with E-state index in [0.717, 1.165) is 0 Å². The normalized spacial score (nSPS) is 11.7. The fraction of sp³-hybridized carbons (Fsp3) is 0.167. The first-order chi connectivity index (χ1) is 11.7. The fourth-order valence-electron chi connectivity index (χ4n) is 2.37. The van der Waals surface area contributed by atoms with Crippen molar-refractivity contribution in [3.63, 3.8) is 0 Å². The van der Waals surface area contributed by atoms with Crippen molar-refractivity contribution in [1.29, 1.82) is 0 Å². The van der Waals surface area contributed by atoms with Crippen LogP contribution in [0.25, 0.3) is 0 Å². The standard InChI is InChI=1S/C18H16N4O2/c1-3-15-6-4-7-16(10-15)21(11-17-8-5-9-24-17)18(23)14(2)22-13-19-12-20-22/h1,4-10,12-14H,11H2,2H3/t14-/m1/s1. The summed E-state index contributed by atoms with van der Waals surface area (Å²) in [6.07, 6.45) is 9.98. The van der Waals surface area contributed by atoms with Gasteiger partial charge < -0.3 is 9.32 Å². The van der Waals surface area contributed by atoms with Gasteiger partial charge in [0.2, 0.25) is 0 Å². The molecule has 0 saturated heterocycles. The van der Waals surface area contributed by atoms with Crippen molar-refractivity contribution in [2.45, 2.75) is 19.5 Å². The molecule has 3 rings (SSSR count). The summed E-state index contributed by atoms with van der Waals surface area (Å²) >= 11 is 0. The molecule has 6 nitrogen and oxygen atoms in total. The molecule has 0 fully saturated rings. The maximum Gasteiger partial charge on any atom is 0.252 e. The Balaban J connectivity index is 1.95. The van der Waals surface area contributed by atoms with Crippen molar-refractivity contribution in [1.82, 2.24) is 14.8 Å². The largest absolute Gasteiger partial charge is 0.467 e. The molecule has 0 aliphatic heterocycles. The first-order valence-corrected chi connectivity index (χ1v) is 7.43. The van der Waals surface area contributed by atoms with Crippen molar-refractivity contribution in [3.05, 3.63) is 66.6 Å². The molecule has 3 aromatic rings. The average Bonchev–Trinajstić information content (AvgIpc) is 3.32. The topological polar surface area (TPSA) is 64.2 Å². The molecule has 0 spiro atoms. The van der Waals surface area contributed by atoms with Crippen molar-refractivity contribution < 1.29 is 9.21 Å². The summed E-state index contributed by atoms with van der Waals surface area (Å²) in [5.41, 5.74) is 1.41. The van der Waals surface area contributed by atoms with E-state index in [0.29, 0.717) is 23.6 Å². The second-order valence-corrected chi connectivity index (χ2v) is 5.25. The molecule has 1 atom stereocenters. The number of carbonyl (C=O) groups excluding carboxylic acids is 1. The number of amides is 1. The lowest BCUT2D eigenvalue weighted by Crippen LogP contribution is -2.36. The number of furan rings is 1. The van der Waals surface area contributed by atoms with Crippen molar-refractivity contribution in [3.8, 4) is 12.3 Å². The minimum absolute atomic E-state index is 0.133. The molecular weight excluding hydrogens is 304 g/mol. The van der Waals surface area contributed by atoms with Gasteiger partial charge in [0.15, 0.2) is 0 Å². The SMILES string of the molecule is C#Cc1cccc(N(Cc2ccco2)C(=O)[C@@H](C)n2cncn2)c1. The van der Waals surface area contributed by atoms with E-state index in [9.17, 15) is 4.79 Å². The summed E-state index contributed by atoms with van der Waals surface area (Å²) in [4.78, 5) is 18.5. The van der Waals surface area contributed by atoms with Gasteiger partial charge in [-0.25, -0.2) is 9.67 Å². The van der Waals surface area contributed by atoms with E-state index in [4.69, 9.17) is 10.8 Å². The lowest BCUT2D eigenvalue weighted by Gasteiger charge is -2.25. The molecule has 0 N–H and O–H groups in total. The predicted molar refractivity (Wildman–Crippen MR) is 89.0 cm³/mol. The smallest absolute Gasteiger partial charge is 0.252 e. The number of terminal acetylenes is 1. The lowest BCUT2D eigenvalue weighted by molar-refractivity contribution is -0.121. The Morgan fingerprint density at radius 2 is 2.29 bits per heavy atom. The van der Waals surface area contributed by atoms with Crippen LogP contribution >= 0.6 is 0 Å². The summed E-state index contributed by atoms with van der Waals surface area (Å²) in [5, 5.41) is 4.05. The Kier molecular flexibility index (Phi) is 4.43. The number of benzene rings is 1. The molecule has 0 radical (unpaired) electrons. The van der Waals surface area contributed by atoms with Crippen LogP contribution in [0, 0.1) is 12.3 Å². The van der Waals surface area contributed by atoms with Gasteiger partial charge >= 0.3 is 0 Å². The Hall–Kier alpha value is -3.33. The van der Waals surface area contributed by atoms with Crippen LogP contribution in [-0.4, -0.2) is 20.7 Å². The summed E-state index contributed by atoms with van der Waals surface area (Å²) in [6, 6.07) is 10.4. The van der Waals surface area contributed by atoms with E-state index in [-0.39, 0.29) is 5.91 Å². The molecule has 1 aromatic carbocycles. The number of carbonyl (C=O) groups is 1. The minimum Gasteiger partial charge on any atom is -0.467 e. The van der Waals surface area contributed by atoms with Crippen LogP contribution in [0.1, 0.15) is 24.3 Å². The van der Waals surface area contributed by atoms with Gasteiger partial charge in [-0.2, -0.15) is 5.10 Å². The number of hydrogen-bond donors (Lipinski definition) is 0. The number of nitrogens with zero attached hydrogens (tertiary/aromatic N) is 4. The van der Waals surface area contributed by atoms with Crippen LogP contribution in [0.4, 0.5) is 5.69 Å². The number of aromatic nitrogens is 3. The number of hydrogen-bond acceptors (Lipinski definition) is 4. The molecule has 0 saturated carbocycles. The highest BCUT2D eigenvalue weighted by Crippen LogP contribution is 2.22. The van der Waals surface area contributed by atoms with Crippen LogP contribution in [0.3, 0.4) is 0 Å². The quantitative estimate of drug-likeness (QED) is 0.678. The highest BCUT2D eigenvalue weighted by atomic mass is 16.3. The van der Waals surface area contributed by atoms with Crippen LogP contribution in [0.5, 0.6) is 0 Å². The molecule has 2 aromatic heterocycles.